The zero-order valence-corrected chi connectivity index (χ0v) is 11.8. The number of halogens is 1. The van der Waals surface area contributed by atoms with Crippen LogP contribution in [0.25, 0.3) is 22.4 Å². The van der Waals surface area contributed by atoms with Crippen LogP contribution in [0, 0.1) is 6.92 Å². The highest BCUT2D eigenvalue weighted by Gasteiger charge is 2.08. The van der Waals surface area contributed by atoms with Crippen molar-refractivity contribution in [1.82, 2.24) is 4.98 Å². The lowest BCUT2D eigenvalue weighted by atomic mass is 10.1. The summed E-state index contributed by atoms with van der Waals surface area (Å²) in [6.07, 6.45) is 0. The molecule has 4 heteroatoms. The van der Waals surface area contributed by atoms with Crippen molar-refractivity contribution in [3.8, 4) is 11.5 Å². The SMILES string of the molecule is Cc1ccc(-c2nc3ccc(Br)cc3c(=O)o2)cc1. The summed E-state index contributed by atoms with van der Waals surface area (Å²) in [5.74, 6) is 0.347. The highest BCUT2D eigenvalue weighted by molar-refractivity contribution is 9.10. The quantitative estimate of drug-likeness (QED) is 0.683. The highest BCUT2D eigenvalue weighted by atomic mass is 79.9. The molecular formula is C15H10BrNO2. The van der Waals surface area contributed by atoms with Crippen LogP contribution in [0.15, 0.2) is 56.1 Å². The molecule has 94 valence electrons. The fourth-order valence-corrected chi connectivity index (χ4v) is 2.22. The normalized spacial score (nSPS) is 10.8. The first kappa shape index (κ1) is 12.1. The molecule has 0 aliphatic heterocycles. The van der Waals surface area contributed by atoms with Crippen molar-refractivity contribution in [3.05, 3.63) is 62.9 Å². The lowest BCUT2D eigenvalue weighted by molar-refractivity contribution is 0.518. The summed E-state index contributed by atoms with van der Waals surface area (Å²) in [4.78, 5) is 16.4. The van der Waals surface area contributed by atoms with Gasteiger partial charge in [0, 0.05) is 10.0 Å². The van der Waals surface area contributed by atoms with E-state index in [4.69, 9.17) is 4.42 Å². The van der Waals surface area contributed by atoms with Crippen molar-refractivity contribution in [2.45, 2.75) is 6.92 Å². The maximum Gasteiger partial charge on any atom is 0.347 e. The third kappa shape index (κ3) is 2.31. The molecule has 0 amide bonds. The first-order chi connectivity index (χ1) is 9.13. The number of nitrogens with zero attached hydrogens (tertiary/aromatic N) is 1. The minimum absolute atomic E-state index is 0.347. The molecule has 3 rings (SSSR count). The summed E-state index contributed by atoms with van der Waals surface area (Å²) < 4.78 is 6.11. The lowest BCUT2D eigenvalue weighted by Gasteiger charge is -2.02. The fraction of sp³-hybridized carbons (Fsp3) is 0.0667. The van der Waals surface area contributed by atoms with Crippen molar-refractivity contribution in [3.63, 3.8) is 0 Å². The van der Waals surface area contributed by atoms with E-state index in [0.717, 1.165) is 15.6 Å². The molecule has 0 aliphatic rings. The van der Waals surface area contributed by atoms with Gasteiger partial charge >= 0.3 is 5.63 Å². The van der Waals surface area contributed by atoms with Crippen molar-refractivity contribution < 1.29 is 4.42 Å². The first-order valence-corrected chi connectivity index (χ1v) is 6.60. The van der Waals surface area contributed by atoms with Crippen LogP contribution in [-0.4, -0.2) is 4.98 Å². The summed E-state index contributed by atoms with van der Waals surface area (Å²) in [6.45, 7) is 2.01. The third-order valence-corrected chi connectivity index (χ3v) is 3.38. The number of aryl methyl sites for hydroxylation is 1. The Balaban J connectivity index is 2.24. The van der Waals surface area contributed by atoms with Crippen LogP contribution in [0.1, 0.15) is 5.56 Å². The number of rotatable bonds is 1. The average Bonchev–Trinajstić information content (AvgIpc) is 2.40. The van der Waals surface area contributed by atoms with Crippen LogP contribution in [-0.2, 0) is 0 Å². The molecule has 0 bridgehead atoms. The molecular weight excluding hydrogens is 306 g/mol. The van der Waals surface area contributed by atoms with Crippen molar-refractivity contribution >= 4 is 26.8 Å². The maximum atomic E-state index is 12.0. The van der Waals surface area contributed by atoms with Crippen molar-refractivity contribution in [2.75, 3.05) is 0 Å². The number of fused-ring (bicyclic) bond motifs is 1. The van der Waals surface area contributed by atoms with Crippen LogP contribution < -0.4 is 5.63 Å². The van der Waals surface area contributed by atoms with E-state index in [1.165, 1.54) is 0 Å². The van der Waals surface area contributed by atoms with Gasteiger partial charge in [0.1, 0.15) is 0 Å². The molecule has 2 aromatic carbocycles. The second kappa shape index (κ2) is 4.63. The van der Waals surface area contributed by atoms with Gasteiger partial charge in [0.05, 0.1) is 10.9 Å². The zero-order chi connectivity index (χ0) is 13.4. The van der Waals surface area contributed by atoms with E-state index in [2.05, 4.69) is 20.9 Å². The first-order valence-electron chi connectivity index (χ1n) is 5.81. The van der Waals surface area contributed by atoms with E-state index >= 15 is 0 Å². The lowest BCUT2D eigenvalue weighted by Crippen LogP contribution is -2.02. The largest absolute Gasteiger partial charge is 0.403 e. The Hall–Kier alpha value is -1.94. The highest BCUT2D eigenvalue weighted by Crippen LogP contribution is 2.21. The van der Waals surface area contributed by atoms with E-state index in [1.54, 1.807) is 12.1 Å². The van der Waals surface area contributed by atoms with Gasteiger partial charge in [-0.2, -0.15) is 0 Å². The van der Waals surface area contributed by atoms with Crippen molar-refractivity contribution in [2.24, 2.45) is 0 Å². The standard InChI is InChI=1S/C15H10BrNO2/c1-9-2-4-10(5-3-9)14-17-13-7-6-11(16)8-12(13)15(18)19-14/h2-8H,1H3. The number of hydrogen-bond acceptors (Lipinski definition) is 3. The monoisotopic (exact) mass is 315 g/mol. The van der Waals surface area contributed by atoms with Gasteiger partial charge in [-0.1, -0.05) is 33.6 Å². The Morgan fingerprint density at radius 1 is 1.11 bits per heavy atom. The molecule has 0 N–H and O–H groups in total. The zero-order valence-electron chi connectivity index (χ0n) is 10.2. The smallest absolute Gasteiger partial charge is 0.347 e. The van der Waals surface area contributed by atoms with E-state index < -0.39 is 0 Å². The summed E-state index contributed by atoms with van der Waals surface area (Å²) >= 11 is 3.33. The number of aromatic nitrogens is 1. The van der Waals surface area contributed by atoms with Crippen LogP contribution in [0.3, 0.4) is 0 Å². The molecule has 0 radical (unpaired) electrons. The molecule has 3 aromatic rings. The second-order valence-electron chi connectivity index (χ2n) is 4.33. The summed E-state index contributed by atoms with van der Waals surface area (Å²) in [5, 5.41) is 0.477. The average molecular weight is 316 g/mol. The molecule has 0 aliphatic carbocycles. The van der Waals surface area contributed by atoms with E-state index in [0.29, 0.717) is 16.8 Å². The second-order valence-corrected chi connectivity index (χ2v) is 5.25. The Kier molecular flexibility index (Phi) is 2.95. The fourth-order valence-electron chi connectivity index (χ4n) is 1.86. The van der Waals surface area contributed by atoms with Gasteiger partial charge in [-0.3, -0.25) is 0 Å². The maximum absolute atomic E-state index is 12.0. The molecule has 19 heavy (non-hydrogen) atoms. The third-order valence-electron chi connectivity index (χ3n) is 2.89. The molecule has 0 spiro atoms. The summed E-state index contributed by atoms with van der Waals surface area (Å²) in [7, 11) is 0. The topological polar surface area (TPSA) is 43.1 Å². The molecule has 0 unspecified atom stereocenters. The van der Waals surface area contributed by atoms with Gasteiger partial charge in [0.2, 0.25) is 5.89 Å². The van der Waals surface area contributed by atoms with E-state index in [-0.39, 0.29) is 5.63 Å². The number of benzene rings is 2. The minimum atomic E-state index is -0.373. The van der Waals surface area contributed by atoms with Gasteiger partial charge in [-0.15, -0.1) is 0 Å². The van der Waals surface area contributed by atoms with E-state index in [9.17, 15) is 4.79 Å². The molecule has 1 heterocycles. The van der Waals surface area contributed by atoms with Crippen LogP contribution >= 0.6 is 15.9 Å². The van der Waals surface area contributed by atoms with E-state index in [1.807, 2.05) is 37.3 Å². The van der Waals surface area contributed by atoms with Crippen molar-refractivity contribution in [1.29, 1.82) is 0 Å². The Morgan fingerprint density at radius 3 is 2.58 bits per heavy atom. The predicted molar refractivity (Wildman–Crippen MR) is 78.2 cm³/mol. The Labute approximate surface area is 118 Å². The Bertz CT molecular complexity index is 806. The molecule has 0 atom stereocenters. The molecule has 3 nitrogen and oxygen atoms in total. The van der Waals surface area contributed by atoms with Crippen LogP contribution in [0.5, 0.6) is 0 Å². The summed E-state index contributed by atoms with van der Waals surface area (Å²) in [6, 6.07) is 13.1. The molecule has 0 saturated carbocycles. The van der Waals surface area contributed by atoms with Gasteiger partial charge in [0.15, 0.2) is 0 Å². The minimum Gasteiger partial charge on any atom is -0.403 e. The molecule has 0 fully saturated rings. The van der Waals surface area contributed by atoms with Crippen LogP contribution in [0.2, 0.25) is 0 Å². The van der Waals surface area contributed by atoms with Gasteiger partial charge in [0.25, 0.3) is 0 Å². The van der Waals surface area contributed by atoms with Crippen LogP contribution in [0.4, 0.5) is 0 Å². The van der Waals surface area contributed by atoms with Gasteiger partial charge in [-0.25, -0.2) is 9.78 Å². The predicted octanol–water partition coefficient (Wildman–Crippen LogP) is 3.93. The number of hydrogen-bond donors (Lipinski definition) is 0. The molecule has 0 saturated heterocycles. The van der Waals surface area contributed by atoms with Gasteiger partial charge in [-0.05, 0) is 37.3 Å². The molecule has 1 aromatic heterocycles. The van der Waals surface area contributed by atoms with Gasteiger partial charge < -0.3 is 4.42 Å². The Morgan fingerprint density at radius 2 is 1.84 bits per heavy atom. The summed E-state index contributed by atoms with van der Waals surface area (Å²) in [5.41, 5.74) is 2.21.